The number of hydrogen-bond donors (Lipinski definition) is 1. The molecule has 200 valence electrons. The minimum absolute atomic E-state index is 0.0323. The first-order valence-corrected chi connectivity index (χ1v) is 14.0. The van der Waals surface area contributed by atoms with Crippen molar-refractivity contribution in [3.8, 4) is 17.0 Å². The number of hydrogen-bond acceptors (Lipinski definition) is 7. The van der Waals surface area contributed by atoms with Crippen LogP contribution in [-0.2, 0) is 16.9 Å². The van der Waals surface area contributed by atoms with E-state index in [0.29, 0.717) is 51.9 Å². The number of para-hydroxylation sites is 1. The minimum Gasteiger partial charge on any atom is -0.434 e. The fourth-order valence-electron chi connectivity index (χ4n) is 4.97. The Morgan fingerprint density at radius 1 is 1.16 bits per heavy atom. The van der Waals surface area contributed by atoms with E-state index in [-0.39, 0.29) is 30.2 Å². The molecule has 0 bridgehead atoms. The van der Waals surface area contributed by atoms with Gasteiger partial charge in [0.1, 0.15) is 33.6 Å². The van der Waals surface area contributed by atoms with Crippen molar-refractivity contribution in [2.45, 2.75) is 69.4 Å². The lowest BCUT2D eigenvalue weighted by Gasteiger charge is -2.34. The third-order valence-electron chi connectivity index (χ3n) is 7.18. The number of benzene rings is 2. The van der Waals surface area contributed by atoms with E-state index in [4.69, 9.17) is 14.0 Å². The first kappa shape index (κ1) is 25.8. The van der Waals surface area contributed by atoms with Gasteiger partial charge in [-0.05, 0) is 72.7 Å². The quantitative estimate of drug-likeness (QED) is 0.221. The summed E-state index contributed by atoms with van der Waals surface area (Å²) in [6, 6.07) is 9.58. The van der Waals surface area contributed by atoms with Crippen LogP contribution in [0, 0.1) is 5.82 Å². The number of thiazole rings is 1. The van der Waals surface area contributed by atoms with Crippen molar-refractivity contribution in [1.82, 2.24) is 10.1 Å². The van der Waals surface area contributed by atoms with Gasteiger partial charge in [-0.3, -0.25) is 0 Å². The monoisotopic (exact) mass is 608 g/mol. The molecule has 2 aliphatic carbocycles. The molecule has 2 aliphatic rings. The van der Waals surface area contributed by atoms with Gasteiger partial charge >= 0.3 is 6.61 Å². The molecule has 0 spiro atoms. The molecule has 0 radical (unpaired) electrons. The fraction of sp³-hybridized carbons (Fsp3) is 0.407. The first-order valence-electron chi connectivity index (χ1n) is 12.4. The van der Waals surface area contributed by atoms with E-state index in [2.05, 4.69) is 26.1 Å². The highest BCUT2D eigenvalue weighted by Gasteiger charge is 2.39. The van der Waals surface area contributed by atoms with Gasteiger partial charge in [0.2, 0.25) is 0 Å². The summed E-state index contributed by atoms with van der Waals surface area (Å²) in [7, 11) is 0. The molecule has 38 heavy (non-hydrogen) atoms. The molecule has 2 saturated carbocycles. The second kappa shape index (κ2) is 10.3. The number of rotatable bonds is 8. The Hall–Kier alpha value is -2.47. The summed E-state index contributed by atoms with van der Waals surface area (Å²) in [5.74, 6) is 0.621. The average molecular weight is 609 g/mol. The number of alkyl halides is 2. The summed E-state index contributed by atoms with van der Waals surface area (Å²) in [4.78, 5) is 4.51. The van der Waals surface area contributed by atoms with Crippen molar-refractivity contribution in [1.29, 1.82) is 0 Å². The Labute approximate surface area is 228 Å². The molecular weight excluding hydrogens is 585 g/mol. The predicted molar refractivity (Wildman–Crippen MR) is 139 cm³/mol. The number of aromatic nitrogens is 2. The maximum absolute atomic E-state index is 13.9. The molecule has 6 nitrogen and oxygen atoms in total. The Balaban J connectivity index is 1.17. The van der Waals surface area contributed by atoms with E-state index in [1.165, 1.54) is 23.5 Å². The van der Waals surface area contributed by atoms with Gasteiger partial charge in [-0.1, -0.05) is 17.3 Å². The van der Waals surface area contributed by atoms with Crippen LogP contribution in [0.15, 0.2) is 45.4 Å². The van der Waals surface area contributed by atoms with Crippen molar-refractivity contribution < 1.29 is 32.3 Å². The second-order valence-corrected chi connectivity index (χ2v) is 11.7. The van der Waals surface area contributed by atoms with Crippen molar-refractivity contribution in [2.24, 2.45) is 0 Å². The zero-order valence-corrected chi connectivity index (χ0v) is 22.5. The highest BCUT2D eigenvalue weighted by atomic mass is 79.9. The molecule has 0 aliphatic heterocycles. The second-order valence-electron chi connectivity index (χ2n) is 9.82. The summed E-state index contributed by atoms with van der Waals surface area (Å²) in [5.41, 5.74) is 1.06. The molecule has 0 atom stereocenters. The maximum atomic E-state index is 13.9. The zero-order chi connectivity index (χ0) is 26.4. The third-order valence-corrected chi connectivity index (χ3v) is 9.00. The van der Waals surface area contributed by atoms with E-state index >= 15 is 0 Å². The normalized spacial score (nSPS) is 21.9. The molecule has 0 amide bonds. The molecule has 0 saturated heterocycles. The summed E-state index contributed by atoms with van der Waals surface area (Å²) in [6.45, 7) is -2.74. The van der Waals surface area contributed by atoms with Crippen molar-refractivity contribution in [2.75, 3.05) is 0 Å². The molecule has 2 fully saturated rings. The SMILES string of the molecule is O[C@]1(c2nc3cc(F)c(Br)cc3s2)CC[C@@H](OCc2c(-c3ccccc3OC(F)F)noc2C2CC2)CC1. The summed E-state index contributed by atoms with van der Waals surface area (Å²) in [5, 5.41) is 16.2. The topological polar surface area (TPSA) is 77.6 Å². The lowest BCUT2D eigenvalue weighted by atomic mass is 9.83. The molecule has 1 N–H and O–H groups in total. The van der Waals surface area contributed by atoms with Crippen LogP contribution in [0.25, 0.3) is 21.5 Å². The fourth-order valence-corrected chi connectivity index (χ4v) is 6.60. The summed E-state index contributed by atoms with van der Waals surface area (Å²) >= 11 is 4.57. The van der Waals surface area contributed by atoms with Gasteiger partial charge in [-0.25, -0.2) is 9.37 Å². The maximum Gasteiger partial charge on any atom is 0.387 e. The van der Waals surface area contributed by atoms with Gasteiger partial charge in [-0.2, -0.15) is 8.78 Å². The van der Waals surface area contributed by atoms with E-state index in [1.54, 1.807) is 24.3 Å². The minimum atomic E-state index is -2.96. The van der Waals surface area contributed by atoms with E-state index < -0.39 is 12.2 Å². The van der Waals surface area contributed by atoms with Crippen molar-refractivity contribution in [3.05, 3.63) is 63.0 Å². The summed E-state index contributed by atoms with van der Waals surface area (Å²) in [6.07, 6.45) is 3.98. The van der Waals surface area contributed by atoms with Crippen molar-refractivity contribution >= 4 is 37.5 Å². The van der Waals surface area contributed by atoms with Crippen molar-refractivity contribution in [3.63, 3.8) is 0 Å². The number of nitrogens with zero attached hydrogens (tertiary/aromatic N) is 2. The standard InChI is InChI=1S/C27H24BrF3N2O4S/c28-18-11-22-20(12-19(18)29)32-25(38-22)27(34)9-7-15(8-10-27)35-13-17-23(33-37-24(17)14-5-6-14)16-3-1-2-4-21(16)36-26(30)31/h1-4,11-12,14-15,26,34H,5-10,13H2/t15-,27-. The molecule has 6 rings (SSSR count). The average Bonchev–Trinajstić information content (AvgIpc) is 3.52. The smallest absolute Gasteiger partial charge is 0.387 e. The van der Waals surface area contributed by atoms with Gasteiger partial charge < -0.3 is 19.1 Å². The van der Waals surface area contributed by atoms with Crippen LogP contribution in [0.5, 0.6) is 5.75 Å². The Kier molecular flexibility index (Phi) is 6.96. The van der Waals surface area contributed by atoms with Crippen LogP contribution in [0.4, 0.5) is 13.2 Å². The lowest BCUT2D eigenvalue weighted by molar-refractivity contribution is -0.0641. The molecule has 2 heterocycles. The Morgan fingerprint density at radius 2 is 1.92 bits per heavy atom. The van der Waals surface area contributed by atoms with Gasteiger partial charge in [0.25, 0.3) is 0 Å². The highest BCUT2D eigenvalue weighted by molar-refractivity contribution is 9.10. The number of fused-ring (bicyclic) bond motifs is 1. The lowest BCUT2D eigenvalue weighted by Crippen LogP contribution is -2.34. The van der Waals surface area contributed by atoms with Crippen LogP contribution in [0.2, 0.25) is 0 Å². The number of halogens is 4. The highest BCUT2D eigenvalue weighted by Crippen LogP contribution is 2.46. The van der Waals surface area contributed by atoms with Gasteiger partial charge in [-0.15, -0.1) is 11.3 Å². The van der Waals surface area contributed by atoms with Crippen LogP contribution in [0.1, 0.15) is 60.8 Å². The Morgan fingerprint density at radius 3 is 2.66 bits per heavy atom. The number of aliphatic hydroxyl groups is 1. The Bertz CT molecular complexity index is 1430. The molecule has 2 aromatic heterocycles. The summed E-state index contributed by atoms with van der Waals surface area (Å²) < 4.78 is 57.8. The molecule has 4 aromatic rings. The van der Waals surface area contributed by atoms with Crippen LogP contribution < -0.4 is 4.74 Å². The molecule has 0 unspecified atom stereocenters. The largest absolute Gasteiger partial charge is 0.434 e. The molecule has 11 heteroatoms. The zero-order valence-electron chi connectivity index (χ0n) is 20.1. The predicted octanol–water partition coefficient (Wildman–Crippen LogP) is 7.68. The van der Waals surface area contributed by atoms with Crippen LogP contribution in [-0.4, -0.2) is 28.0 Å². The van der Waals surface area contributed by atoms with E-state index in [1.807, 2.05) is 0 Å². The van der Waals surface area contributed by atoms with Gasteiger partial charge in [0.15, 0.2) is 0 Å². The molecule has 2 aromatic carbocycles. The van der Waals surface area contributed by atoms with Gasteiger partial charge in [0.05, 0.1) is 27.4 Å². The molecular formula is C27H24BrF3N2O4S. The van der Waals surface area contributed by atoms with Gasteiger partial charge in [0, 0.05) is 23.1 Å². The van der Waals surface area contributed by atoms with Crippen LogP contribution in [0.3, 0.4) is 0 Å². The first-order chi connectivity index (χ1) is 18.3. The van der Waals surface area contributed by atoms with E-state index in [0.717, 1.165) is 28.9 Å². The van der Waals surface area contributed by atoms with Crippen LogP contribution >= 0.6 is 27.3 Å². The van der Waals surface area contributed by atoms with E-state index in [9.17, 15) is 18.3 Å². The third kappa shape index (κ3) is 5.09. The number of ether oxygens (including phenoxy) is 2.